The van der Waals surface area contributed by atoms with Crippen LogP contribution in [0.2, 0.25) is 0 Å². The highest BCUT2D eigenvalue weighted by atomic mass is 32.1. The van der Waals surface area contributed by atoms with E-state index >= 15 is 0 Å². The molecule has 0 fully saturated rings. The van der Waals surface area contributed by atoms with Gasteiger partial charge in [-0.2, -0.15) is 5.10 Å². The minimum Gasteiger partial charge on any atom is -0.493 e. The zero-order valence-electron chi connectivity index (χ0n) is 23.8. The van der Waals surface area contributed by atoms with Crippen LogP contribution in [0.1, 0.15) is 70.6 Å². The Kier molecular flexibility index (Phi) is 10.1. The standard InChI is InChI=1S/C31H35N3O6S/c1-5-39-31(37)27-23-13-7-6-8-14-26(23)41-30(27)32-28(35)29(36)34-33-20(3)21-15-16-24(25(17-21)38-4)40-18-22-12-10-9-11-19(22)2/h9-12,15-17H,5-8,13-14,18H2,1-4H3,(H,32,35)(H,34,36)/b33-20+. The van der Waals surface area contributed by atoms with Crippen molar-refractivity contribution in [3.63, 3.8) is 0 Å². The third-order valence-electron chi connectivity index (χ3n) is 6.89. The van der Waals surface area contributed by atoms with Gasteiger partial charge in [-0.3, -0.25) is 9.59 Å². The Hall–Kier alpha value is -4.18. The fourth-order valence-electron chi connectivity index (χ4n) is 4.60. The summed E-state index contributed by atoms with van der Waals surface area (Å²) in [5.74, 6) is -1.27. The maximum Gasteiger partial charge on any atom is 0.341 e. The number of hydrogen-bond donors (Lipinski definition) is 2. The smallest absolute Gasteiger partial charge is 0.341 e. The number of nitrogens with zero attached hydrogens (tertiary/aromatic N) is 1. The van der Waals surface area contributed by atoms with Crippen molar-refractivity contribution < 1.29 is 28.6 Å². The lowest BCUT2D eigenvalue weighted by Gasteiger charge is -2.13. The molecule has 1 aliphatic carbocycles. The summed E-state index contributed by atoms with van der Waals surface area (Å²) in [6.07, 6.45) is 4.63. The van der Waals surface area contributed by atoms with Gasteiger partial charge in [-0.05, 0) is 81.3 Å². The second kappa shape index (κ2) is 13.9. The lowest BCUT2D eigenvalue weighted by atomic mass is 10.1. The van der Waals surface area contributed by atoms with E-state index in [4.69, 9.17) is 14.2 Å². The topological polar surface area (TPSA) is 115 Å². The Morgan fingerprint density at radius 3 is 2.54 bits per heavy atom. The third kappa shape index (κ3) is 7.32. The van der Waals surface area contributed by atoms with Crippen molar-refractivity contribution in [1.82, 2.24) is 5.43 Å². The molecule has 1 heterocycles. The fraction of sp³-hybridized carbons (Fsp3) is 0.355. The average Bonchev–Trinajstić information content (AvgIpc) is 3.14. The Morgan fingerprint density at radius 1 is 1.00 bits per heavy atom. The molecule has 1 aliphatic rings. The first-order chi connectivity index (χ1) is 19.8. The highest BCUT2D eigenvalue weighted by molar-refractivity contribution is 7.17. The van der Waals surface area contributed by atoms with Crippen molar-refractivity contribution in [1.29, 1.82) is 0 Å². The first-order valence-electron chi connectivity index (χ1n) is 13.6. The summed E-state index contributed by atoms with van der Waals surface area (Å²) in [5, 5.41) is 7.05. The minimum absolute atomic E-state index is 0.218. The molecule has 216 valence electrons. The van der Waals surface area contributed by atoms with Crippen molar-refractivity contribution in [2.24, 2.45) is 5.10 Å². The van der Waals surface area contributed by atoms with Gasteiger partial charge < -0.3 is 19.5 Å². The van der Waals surface area contributed by atoms with Crippen LogP contribution in [0.4, 0.5) is 5.00 Å². The number of hydrogen-bond acceptors (Lipinski definition) is 8. The van der Waals surface area contributed by atoms with E-state index in [9.17, 15) is 14.4 Å². The molecule has 2 aromatic carbocycles. The van der Waals surface area contributed by atoms with Crippen LogP contribution in [-0.2, 0) is 33.8 Å². The molecule has 2 amide bonds. The maximum atomic E-state index is 12.8. The van der Waals surface area contributed by atoms with E-state index in [0.717, 1.165) is 53.7 Å². The molecule has 3 aromatic rings. The number of anilines is 1. The van der Waals surface area contributed by atoms with Gasteiger partial charge in [0.15, 0.2) is 11.5 Å². The molecule has 4 rings (SSSR count). The first-order valence-corrected chi connectivity index (χ1v) is 14.5. The molecular formula is C31H35N3O6S. The van der Waals surface area contributed by atoms with Crippen LogP contribution in [0.25, 0.3) is 0 Å². The van der Waals surface area contributed by atoms with Crippen LogP contribution in [-0.4, -0.2) is 37.2 Å². The van der Waals surface area contributed by atoms with Crippen LogP contribution in [0.3, 0.4) is 0 Å². The molecule has 0 saturated heterocycles. The van der Waals surface area contributed by atoms with Crippen LogP contribution >= 0.6 is 11.3 Å². The Bertz CT molecular complexity index is 1460. The summed E-state index contributed by atoms with van der Waals surface area (Å²) in [6.45, 7) is 6.08. The van der Waals surface area contributed by atoms with Gasteiger partial charge in [0.05, 0.1) is 25.0 Å². The summed E-state index contributed by atoms with van der Waals surface area (Å²) in [5.41, 5.74) is 6.92. The number of aryl methyl sites for hydroxylation is 2. The zero-order chi connectivity index (χ0) is 29.4. The molecule has 0 aliphatic heterocycles. The number of hydrazone groups is 1. The number of amides is 2. The number of thiophene rings is 1. The number of fused-ring (bicyclic) bond motifs is 1. The Morgan fingerprint density at radius 2 is 1.78 bits per heavy atom. The molecule has 41 heavy (non-hydrogen) atoms. The predicted octanol–water partition coefficient (Wildman–Crippen LogP) is 5.57. The average molecular weight is 578 g/mol. The summed E-state index contributed by atoms with van der Waals surface area (Å²) in [4.78, 5) is 39.2. The van der Waals surface area contributed by atoms with E-state index in [2.05, 4.69) is 15.8 Å². The van der Waals surface area contributed by atoms with Crippen LogP contribution in [0, 0.1) is 6.92 Å². The SMILES string of the molecule is CCOC(=O)c1c(NC(=O)C(=O)N/N=C(\C)c2ccc(OCc3ccccc3C)c(OC)c2)sc2c1CCCCC2. The van der Waals surface area contributed by atoms with Crippen LogP contribution < -0.4 is 20.2 Å². The van der Waals surface area contributed by atoms with E-state index in [-0.39, 0.29) is 6.61 Å². The monoisotopic (exact) mass is 577 g/mol. The van der Waals surface area contributed by atoms with Gasteiger partial charge in [0.25, 0.3) is 0 Å². The summed E-state index contributed by atoms with van der Waals surface area (Å²) in [6, 6.07) is 13.3. The lowest BCUT2D eigenvalue weighted by molar-refractivity contribution is -0.136. The molecule has 9 nitrogen and oxygen atoms in total. The van der Waals surface area contributed by atoms with E-state index in [0.29, 0.717) is 39.9 Å². The van der Waals surface area contributed by atoms with Gasteiger partial charge in [-0.25, -0.2) is 10.2 Å². The van der Waals surface area contributed by atoms with Gasteiger partial charge in [0.2, 0.25) is 0 Å². The number of carbonyl (C=O) groups is 3. The normalized spacial score (nSPS) is 13.0. The highest BCUT2D eigenvalue weighted by Gasteiger charge is 2.28. The van der Waals surface area contributed by atoms with Crippen molar-refractivity contribution in [2.75, 3.05) is 19.0 Å². The number of esters is 1. The quantitative estimate of drug-likeness (QED) is 0.113. The molecule has 2 N–H and O–H groups in total. The third-order valence-corrected chi connectivity index (χ3v) is 8.09. The molecule has 0 bridgehead atoms. The number of methoxy groups -OCH3 is 1. The van der Waals surface area contributed by atoms with Crippen molar-refractivity contribution in [3.05, 3.63) is 75.2 Å². The molecule has 0 spiro atoms. The Labute approximate surface area is 243 Å². The van der Waals surface area contributed by atoms with Crippen molar-refractivity contribution >= 4 is 39.8 Å². The fourth-order valence-corrected chi connectivity index (χ4v) is 5.87. The van der Waals surface area contributed by atoms with Gasteiger partial charge in [0.1, 0.15) is 11.6 Å². The molecule has 0 radical (unpaired) electrons. The predicted molar refractivity (Wildman–Crippen MR) is 159 cm³/mol. The molecule has 0 unspecified atom stereocenters. The second-order valence-electron chi connectivity index (χ2n) is 9.66. The van der Waals surface area contributed by atoms with E-state index < -0.39 is 17.8 Å². The minimum atomic E-state index is -0.951. The summed E-state index contributed by atoms with van der Waals surface area (Å²) < 4.78 is 16.7. The van der Waals surface area contributed by atoms with Gasteiger partial charge in [-0.15, -0.1) is 11.3 Å². The summed E-state index contributed by atoms with van der Waals surface area (Å²) >= 11 is 1.33. The van der Waals surface area contributed by atoms with E-state index in [1.54, 1.807) is 39.2 Å². The lowest BCUT2D eigenvalue weighted by Crippen LogP contribution is -2.33. The van der Waals surface area contributed by atoms with Crippen LogP contribution in [0.5, 0.6) is 11.5 Å². The highest BCUT2D eigenvalue weighted by Crippen LogP contribution is 2.38. The van der Waals surface area contributed by atoms with Gasteiger partial charge >= 0.3 is 17.8 Å². The maximum absolute atomic E-state index is 12.8. The van der Waals surface area contributed by atoms with E-state index in [1.165, 1.54) is 11.3 Å². The summed E-state index contributed by atoms with van der Waals surface area (Å²) in [7, 11) is 1.55. The van der Waals surface area contributed by atoms with Gasteiger partial charge in [-0.1, -0.05) is 30.7 Å². The van der Waals surface area contributed by atoms with Crippen molar-refractivity contribution in [2.45, 2.75) is 59.5 Å². The Balaban J connectivity index is 1.43. The number of ether oxygens (including phenoxy) is 3. The van der Waals surface area contributed by atoms with Crippen LogP contribution in [0.15, 0.2) is 47.6 Å². The van der Waals surface area contributed by atoms with Crippen molar-refractivity contribution in [3.8, 4) is 11.5 Å². The van der Waals surface area contributed by atoms with Gasteiger partial charge in [0, 0.05) is 10.4 Å². The molecular weight excluding hydrogens is 542 g/mol. The number of carbonyl (C=O) groups excluding carboxylic acids is 3. The first kappa shape index (κ1) is 29.8. The number of rotatable bonds is 9. The van der Waals surface area contributed by atoms with E-state index in [1.807, 2.05) is 31.2 Å². The molecule has 0 saturated carbocycles. The molecule has 10 heteroatoms. The largest absolute Gasteiger partial charge is 0.493 e. The molecule has 0 atom stereocenters. The second-order valence-corrected chi connectivity index (χ2v) is 10.8. The number of benzene rings is 2. The molecule has 1 aromatic heterocycles. The number of nitrogens with one attached hydrogen (secondary N) is 2. The zero-order valence-corrected chi connectivity index (χ0v) is 24.6.